The zero-order chi connectivity index (χ0) is 25.0. The molecule has 0 N–H and O–H groups in total. The van der Waals surface area contributed by atoms with Crippen molar-refractivity contribution in [2.45, 2.75) is 49.8 Å². The zero-order valence-corrected chi connectivity index (χ0v) is 17.9. The Balaban J connectivity index is 2.20. The minimum Gasteiger partial charge on any atom is -0.299 e. The Bertz CT molecular complexity index is 1130. The molecule has 0 bridgehead atoms. The Morgan fingerprint density at radius 3 is 2.18 bits per heavy atom. The third-order valence-electron chi connectivity index (χ3n) is 4.60. The van der Waals surface area contributed by atoms with Crippen LogP contribution in [-0.2, 0) is 32.1 Å². The van der Waals surface area contributed by atoms with E-state index in [1.165, 1.54) is 24.3 Å². The molecule has 33 heavy (non-hydrogen) atoms. The quantitative estimate of drug-likeness (QED) is 0.201. The molecule has 0 atom stereocenters. The molecule has 0 aliphatic rings. The van der Waals surface area contributed by atoms with Crippen molar-refractivity contribution in [2.75, 3.05) is 0 Å². The predicted octanol–water partition coefficient (Wildman–Crippen LogP) is 4.90. The zero-order valence-electron chi connectivity index (χ0n) is 17.1. The second-order valence-corrected chi connectivity index (χ2v) is 8.77. The third kappa shape index (κ3) is 7.02. The minimum absolute atomic E-state index is 0.0000288. The lowest BCUT2D eigenvalue weighted by atomic mass is 9.99. The highest BCUT2D eigenvalue weighted by molar-refractivity contribution is 7.86. The Kier molecular flexibility index (Phi) is 7.91. The molecule has 0 amide bonds. The lowest BCUT2D eigenvalue weighted by Gasteiger charge is -2.19. The van der Waals surface area contributed by atoms with Crippen LogP contribution in [0.1, 0.15) is 29.5 Å². The van der Waals surface area contributed by atoms with Gasteiger partial charge in [-0.1, -0.05) is 23.8 Å². The van der Waals surface area contributed by atoms with Gasteiger partial charge in [0.1, 0.15) is 5.78 Å². The maximum atomic E-state index is 13.1. The first kappa shape index (κ1) is 26.3. The van der Waals surface area contributed by atoms with Gasteiger partial charge in [-0.05, 0) is 30.2 Å². The van der Waals surface area contributed by atoms with Crippen LogP contribution < -0.4 is 0 Å². The lowest BCUT2D eigenvalue weighted by Crippen LogP contribution is -2.36. The van der Waals surface area contributed by atoms with Gasteiger partial charge in [0.2, 0.25) is 0 Å². The topological polar surface area (TPSA) is 104 Å². The van der Waals surface area contributed by atoms with E-state index in [1.807, 2.05) is 0 Å². The van der Waals surface area contributed by atoms with Crippen LogP contribution in [0.2, 0.25) is 0 Å². The van der Waals surface area contributed by atoms with Crippen LogP contribution in [0.3, 0.4) is 0 Å². The van der Waals surface area contributed by atoms with Crippen LogP contribution in [0, 0.1) is 17.0 Å². The van der Waals surface area contributed by atoms with Crippen molar-refractivity contribution in [3.63, 3.8) is 0 Å². The molecule has 0 radical (unpaired) electrons. The van der Waals surface area contributed by atoms with Crippen LogP contribution >= 0.6 is 0 Å². The first-order valence-corrected chi connectivity index (χ1v) is 10.7. The van der Waals surface area contributed by atoms with Gasteiger partial charge in [0.05, 0.1) is 16.4 Å². The Morgan fingerprint density at radius 2 is 1.64 bits per heavy atom. The molecule has 0 spiro atoms. The monoisotopic (exact) mass is 495 g/mol. The third-order valence-corrected chi connectivity index (χ3v) is 5.88. The van der Waals surface area contributed by atoms with Gasteiger partial charge < -0.3 is 0 Å². The number of Topliss-reactive ketones (excluding diaryl/α,β-unsaturated/α-hetero) is 1. The fourth-order valence-corrected chi connectivity index (χ4v) is 3.57. The Hall–Kier alpha value is -2.93. The van der Waals surface area contributed by atoms with E-state index in [4.69, 9.17) is 4.18 Å². The SMILES string of the molecule is Cc1ccc(S(=O)(=O)OCc2cc([N+](=O)[O-])ccc2CC(=O)CCC(F)(F)C(F)(F)F)cc1. The average molecular weight is 495 g/mol. The first-order valence-electron chi connectivity index (χ1n) is 9.31. The van der Waals surface area contributed by atoms with Gasteiger partial charge in [-0.15, -0.1) is 0 Å². The molecule has 2 aromatic carbocycles. The fraction of sp³-hybridized carbons (Fsp3) is 0.350. The van der Waals surface area contributed by atoms with E-state index < -0.39 is 64.5 Å². The maximum absolute atomic E-state index is 13.1. The number of rotatable bonds is 10. The summed E-state index contributed by atoms with van der Waals surface area (Å²) >= 11 is 0. The molecule has 0 saturated carbocycles. The summed E-state index contributed by atoms with van der Waals surface area (Å²) in [5, 5.41) is 11.0. The lowest BCUT2D eigenvalue weighted by molar-refractivity contribution is -0.385. The van der Waals surface area contributed by atoms with Crippen LogP contribution in [0.5, 0.6) is 0 Å². The summed E-state index contributed by atoms with van der Waals surface area (Å²) in [6.07, 6.45) is -9.30. The van der Waals surface area contributed by atoms with Crippen LogP contribution in [-0.4, -0.2) is 31.2 Å². The summed E-state index contributed by atoms with van der Waals surface area (Å²) < 4.78 is 92.6. The molecular weight excluding hydrogens is 477 g/mol. The molecule has 0 saturated heterocycles. The van der Waals surface area contributed by atoms with Crippen molar-refractivity contribution in [2.24, 2.45) is 0 Å². The van der Waals surface area contributed by atoms with E-state index in [1.54, 1.807) is 6.92 Å². The van der Waals surface area contributed by atoms with Crippen molar-refractivity contribution >= 4 is 21.6 Å². The highest BCUT2D eigenvalue weighted by Crippen LogP contribution is 2.39. The number of hydrogen-bond acceptors (Lipinski definition) is 6. The van der Waals surface area contributed by atoms with Crippen molar-refractivity contribution in [3.05, 3.63) is 69.3 Å². The number of hydrogen-bond donors (Lipinski definition) is 0. The molecule has 0 fully saturated rings. The van der Waals surface area contributed by atoms with Gasteiger partial charge >= 0.3 is 12.1 Å². The van der Waals surface area contributed by atoms with Gasteiger partial charge in [0.15, 0.2) is 0 Å². The van der Waals surface area contributed by atoms with Crippen LogP contribution in [0.4, 0.5) is 27.6 Å². The number of nitro groups is 1. The molecule has 0 aliphatic carbocycles. The second-order valence-electron chi connectivity index (χ2n) is 7.16. The van der Waals surface area contributed by atoms with Crippen LogP contribution in [0.25, 0.3) is 0 Å². The molecule has 13 heteroatoms. The molecular formula is C20H18F5NO6S. The van der Waals surface area contributed by atoms with Crippen molar-refractivity contribution in [1.29, 1.82) is 0 Å². The molecule has 0 heterocycles. The number of non-ortho nitro benzene ring substituents is 1. The van der Waals surface area contributed by atoms with Crippen molar-refractivity contribution in [3.8, 4) is 0 Å². The summed E-state index contributed by atoms with van der Waals surface area (Å²) in [6.45, 7) is 1.01. The van der Waals surface area contributed by atoms with Crippen molar-refractivity contribution < 1.29 is 44.3 Å². The second kappa shape index (κ2) is 9.91. The Labute approximate surface area is 185 Å². The first-order chi connectivity index (χ1) is 15.1. The number of carbonyl (C=O) groups is 1. The van der Waals surface area contributed by atoms with E-state index in [0.717, 1.165) is 23.8 Å². The number of aryl methyl sites for hydroxylation is 1. The predicted molar refractivity (Wildman–Crippen MR) is 105 cm³/mol. The normalized spacial score (nSPS) is 12.5. The van der Waals surface area contributed by atoms with Gasteiger partial charge in [-0.25, -0.2) is 0 Å². The number of carbonyl (C=O) groups excluding carboxylic acids is 1. The number of ketones is 1. The number of nitro benzene ring substituents is 1. The summed E-state index contributed by atoms with van der Waals surface area (Å²) in [4.78, 5) is 22.1. The fourth-order valence-electron chi connectivity index (χ4n) is 2.69. The van der Waals surface area contributed by atoms with E-state index in [0.29, 0.717) is 0 Å². The highest BCUT2D eigenvalue weighted by atomic mass is 32.2. The largest absolute Gasteiger partial charge is 0.453 e. The van der Waals surface area contributed by atoms with E-state index in [-0.39, 0.29) is 16.0 Å². The van der Waals surface area contributed by atoms with Gasteiger partial charge in [-0.2, -0.15) is 30.4 Å². The Morgan fingerprint density at radius 1 is 1.03 bits per heavy atom. The molecule has 0 aliphatic heterocycles. The van der Waals surface area contributed by atoms with E-state index in [9.17, 15) is 45.3 Å². The average Bonchev–Trinajstić information content (AvgIpc) is 2.71. The number of benzene rings is 2. The molecule has 0 aromatic heterocycles. The molecule has 2 rings (SSSR count). The number of alkyl halides is 5. The van der Waals surface area contributed by atoms with Gasteiger partial charge in [-0.3, -0.25) is 19.1 Å². The summed E-state index contributed by atoms with van der Waals surface area (Å²) in [6, 6.07) is 8.62. The van der Waals surface area contributed by atoms with Gasteiger partial charge in [0, 0.05) is 31.4 Å². The molecule has 0 unspecified atom stereocenters. The maximum Gasteiger partial charge on any atom is 0.453 e. The number of halogens is 5. The smallest absolute Gasteiger partial charge is 0.299 e. The molecule has 2 aromatic rings. The van der Waals surface area contributed by atoms with Crippen molar-refractivity contribution in [1.82, 2.24) is 0 Å². The summed E-state index contributed by atoms with van der Waals surface area (Å²) in [5.41, 5.74) is 0.224. The van der Waals surface area contributed by atoms with Crippen LogP contribution in [0.15, 0.2) is 47.4 Å². The van der Waals surface area contributed by atoms with Gasteiger partial charge in [0.25, 0.3) is 15.8 Å². The molecule has 180 valence electrons. The number of nitrogens with zero attached hydrogens (tertiary/aromatic N) is 1. The highest BCUT2D eigenvalue weighted by Gasteiger charge is 2.56. The summed E-state index contributed by atoms with van der Waals surface area (Å²) in [5.74, 6) is -6.04. The summed E-state index contributed by atoms with van der Waals surface area (Å²) in [7, 11) is -4.28. The standard InChI is InChI=1S/C20H18F5NO6S/c1-13-2-6-18(7-3-13)33(30,31)32-12-15-10-16(26(28)29)5-4-14(15)11-17(27)8-9-19(21,22)20(23,24)25/h2-7,10H,8-9,11-12H2,1H3. The molecule has 7 nitrogen and oxygen atoms in total. The minimum atomic E-state index is -5.80. The van der Waals surface area contributed by atoms with E-state index in [2.05, 4.69) is 0 Å². The van der Waals surface area contributed by atoms with E-state index >= 15 is 0 Å².